The maximum atomic E-state index is 15.2. The number of alkyl halides is 1. The van der Waals surface area contributed by atoms with Crippen molar-refractivity contribution in [3.63, 3.8) is 0 Å². The van der Waals surface area contributed by atoms with Crippen LogP contribution in [-0.4, -0.2) is 32.5 Å². The molecule has 0 radical (unpaired) electrons. The molecule has 1 aliphatic heterocycles. The Bertz CT molecular complexity index is 496. The number of nitrogens with one attached hydrogen (secondary N) is 4. The smallest absolute Gasteiger partial charge is 0.167 e. The zero-order valence-electron chi connectivity index (χ0n) is 16.7. The van der Waals surface area contributed by atoms with Crippen molar-refractivity contribution in [2.75, 3.05) is 26.7 Å². The fourth-order valence-corrected chi connectivity index (χ4v) is 3.39. The van der Waals surface area contributed by atoms with Gasteiger partial charge in [-0.2, -0.15) is 0 Å². The van der Waals surface area contributed by atoms with E-state index in [0.717, 1.165) is 49.4 Å². The van der Waals surface area contributed by atoms with Crippen LogP contribution in [0.25, 0.3) is 0 Å². The van der Waals surface area contributed by atoms with Crippen molar-refractivity contribution in [3.05, 3.63) is 35.8 Å². The Labute approximate surface area is 153 Å². The minimum Gasteiger partial charge on any atom is -0.372 e. The molecule has 1 aliphatic rings. The molecular formula is C20H37FN4. The monoisotopic (exact) mass is 352 g/mol. The van der Waals surface area contributed by atoms with Gasteiger partial charge in [0.2, 0.25) is 0 Å². The lowest BCUT2D eigenvalue weighted by molar-refractivity contribution is 0.0579. The topological polar surface area (TPSA) is 48.1 Å². The Hall–Kier alpha value is -1.33. The molecule has 2 unspecified atom stereocenters. The molecule has 0 spiro atoms. The standard InChI is InChI=1S/C20H37FN4/c1-7-10-18(25-16(3)23-8-2)15-17(11-9-13-22-6)19(4)12-14-24-20(19,5)21/h10-11,22-25H,3,7-9,12-15H2,1-2,4-6H3/b17-11+,18-10+. The van der Waals surface area contributed by atoms with E-state index in [2.05, 4.69) is 46.9 Å². The Morgan fingerprint density at radius 3 is 2.52 bits per heavy atom. The molecule has 1 fully saturated rings. The summed E-state index contributed by atoms with van der Waals surface area (Å²) >= 11 is 0. The van der Waals surface area contributed by atoms with Gasteiger partial charge in [0.15, 0.2) is 5.79 Å². The van der Waals surface area contributed by atoms with Crippen LogP contribution in [0.4, 0.5) is 4.39 Å². The van der Waals surface area contributed by atoms with E-state index in [1.807, 2.05) is 20.9 Å². The second kappa shape index (κ2) is 9.97. The van der Waals surface area contributed by atoms with Gasteiger partial charge in [0, 0.05) is 24.1 Å². The maximum absolute atomic E-state index is 15.2. The van der Waals surface area contributed by atoms with Crippen LogP contribution in [-0.2, 0) is 0 Å². The predicted octanol–water partition coefficient (Wildman–Crippen LogP) is 3.56. The molecule has 0 aliphatic carbocycles. The summed E-state index contributed by atoms with van der Waals surface area (Å²) in [5, 5.41) is 12.8. The normalized spacial score (nSPS) is 27.4. The van der Waals surface area contributed by atoms with Gasteiger partial charge in [-0.25, -0.2) is 4.39 Å². The van der Waals surface area contributed by atoms with Crippen molar-refractivity contribution in [2.24, 2.45) is 5.41 Å². The Kier molecular flexibility index (Phi) is 8.66. The maximum Gasteiger partial charge on any atom is 0.167 e. The number of allylic oxidation sites excluding steroid dienone is 2. The van der Waals surface area contributed by atoms with Crippen LogP contribution in [0, 0.1) is 5.41 Å². The summed E-state index contributed by atoms with van der Waals surface area (Å²) in [5.74, 6) is -0.608. The van der Waals surface area contributed by atoms with Crippen LogP contribution in [0.3, 0.4) is 0 Å². The van der Waals surface area contributed by atoms with E-state index in [1.165, 1.54) is 0 Å². The van der Waals surface area contributed by atoms with Gasteiger partial charge in [-0.3, -0.25) is 5.32 Å². The second-order valence-electron chi connectivity index (χ2n) is 7.08. The Morgan fingerprint density at radius 2 is 2.00 bits per heavy atom. The highest BCUT2D eigenvalue weighted by atomic mass is 19.1. The highest BCUT2D eigenvalue weighted by Gasteiger charge is 2.51. The highest BCUT2D eigenvalue weighted by Crippen LogP contribution is 2.48. The van der Waals surface area contributed by atoms with Crippen LogP contribution in [0.5, 0.6) is 0 Å². The van der Waals surface area contributed by atoms with Crippen molar-refractivity contribution in [1.82, 2.24) is 21.3 Å². The SMILES string of the molecule is C=C(NCC)N/C(=C/CC)C/C(=C\CCNC)C1(C)CCNC1(C)F. The van der Waals surface area contributed by atoms with Gasteiger partial charge in [-0.05, 0) is 53.2 Å². The van der Waals surface area contributed by atoms with Crippen molar-refractivity contribution >= 4 is 0 Å². The molecule has 0 aromatic heterocycles. The summed E-state index contributed by atoms with van der Waals surface area (Å²) in [7, 11) is 1.94. The van der Waals surface area contributed by atoms with E-state index < -0.39 is 11.2 Å². The first-order chi connectivity index (χ1) is 11.8. The van der Waals surface area contributed by atoms with Crippen molar-refractivity contribution in [3.8, 4) is 0 Å². The molecule has 0 amide bonds. The first-order valence-corrected chi connectivity index (χ1v) is 9.47. The molecule has 2 atom stereocenters. The lowest BCUT2D eigenvalue weighted by atomic mass is 9.72. The van der Waals surface area contributed by atoms with Crippen molar-refractivity contribution < 1.29 is 4.39 Å². The zero-order valence-corrected chi connectivity index (χ0v) is 16.7. The van der Waals surface area contributed by atoms with Crippen molar-refractivity contribution in [2.45, 2.75) is 59.2 Å². The first kappa shape index (κ1) is 21.7. The Balaban J connectivity index is 3.04. The minimum atomic E-state index is -1.39. The summed E-state index contributed by atoms with van der Waals surface area (Å²) in [6, 6.07) is 0. The number of hydrogen-bond acceptors (Lipinski definition) is 4. The lowest BCUT2D eigenvalue weighted by Crippen LogP contribution is -2.45. The van der Waals surface area contributed by atoms with Gasteiger partial charge in [-0.1, -0.05) is 38.2 Å². The van der Waals surface area contributed by atoms with E-state index in [0.29, 0.717) is 13.0 Å². The van der Waals surface area contributed by atoms with Crippen molar-refractivity contribution in [1.29, 1.82) is 0 Å². The van der Waals surface area contributed by atoms with Gasteiger partial charge in [-0.15, -0.1) is 0 Å². The average molecular weight is 353 g/mol. The quantitative estimate of drug-likeness (QED) is 0.261. The molecule has 5 heteroatoms. The molecule has 0 aromatic carbocycles. The molecule has 0 bridgehead atoms. The van der Waals surface area contributed by atoms with E-state index in [-0.39, 0.29) is 0 Å². The van der Waals surface area contributed by atoms with Crippen LogP contribution in [0.2, 0.25) is 0 Å². The molecule has 25 heavy (non-hydrogen) atoms. The molecule has 1 heterocycles. The zero-order chi connectivity index (χ0) is 18.9. The molecule has 4 N–H and O–H groups in total. The average Bonchev–Trinajstić information content (AvgIpc) is 2.81. The second-order valence-corrected chi connectivity index (χ2v) is 7.08. The van der Waals surface area contributed by atoms with Crippen LogP contribution in [0.15, 0.2) is 35.8 Å². The first-order valence-electron chi connectivity index (χ1n) is 9.47. The summed E-state index contributed by atoms with van der Waals surface area (Å²) in [5.41, 5.74) is 1.72. The van der Waals surface area contributed by atoms with Gasteiger partial charge in [0.1, 0.15) is 0 Å². The number of halogens is 1. The summed E-state index contributed by atoms with van der Waals surface area (Å²) in [4.78, 5) is 0. The Morgan fingerprint density at radius 1 is 1.28 bits per heavy atom. The summed E-state index contributed by atoms with van der Waals surface area (Å²) < 4.78 is 15.2. The summed E-state index contributed by atoms with van der Waals surface area (Å²) in [6.07, 6.45) is 7.70. The minimum absolute atomic E-state index is 0.505. The molecule has 144 valence electrons. The van der Waals surface area contributed by atoms with E-state index in [9.17, 15) is 0 Å². The third-order valence-electron chi connectivity index (χ3n) is 5.15. The van der Waals surface area contributed by atoms with Crippen LogP contribution in [0.1, 0.15) is 53.4 Å². The van der Waals surface area contributed by atoms with E-state index >= 15 is 4.39 Å². The largest absolute Gasteiger partial charge is 0.372 e. The molecule has 1 rings (SSSR count). The molecule has 0 aromatic rings. The van der Waals surface area contributed by atoms with E-state index in [4.69, 9.17) is 0 Å². The third kappa shape index (κ3) is 5.86. The molecule has 1 saturated heterocycles. The summed E-state index contributed by atoms with van der Waals surface area (Å²) in [6.45, 7) is 14.3. The van der Waals surface area contributed by atoms with Gasteiger partial charge >= 0.3 is 0 Å². The van der Waals surface area contributed by atoms with Crippen LogP contribution < -0.4 is 21.3 Å². The lowest BCUT2D eigenvalue weighted by Gasteiger charge is -2.37. The number of hydrogen-bond donors (Lipinski definition) is 4. The van der Waals surface area contributed by atoms with E-state index in [1.54, 1.807) is 6.92 Å². The van der Waals surface area contributed by atoms with Gasteiger partial charge < -0.3 is 16.0 Å². The third-order valence-corrected chi connectivity index (χ3v) is 5.15. The number of rotatable bonds is 11. The fraction of sp³-hybridized carbons (Fsp3) is 0.700. The molecule has 4 nitrogen and oxygen atoms in total. The van der Waals surface area contributed by atoms with Gasteiger partial charge in [0.25, 0.3) is 0 Å². The molecule has 0 saturated carbocycles. The predicted molar refractivity (Wildman–Crippen MR) is 106 cm³/mol. The molecular weight excluding hydrogens is 315 g/mol. The fourth-order valence-electron chi connectivity index (χ4n) is 3.39. The van der Waals surface area contributed by atoms with Crippen LogP contribution >= 0.6 is 0 Å². The highest BCUT2D eigenvalue weighted by molar-refractivity contribution is 5.27. The van der Waals surface area contributed by atoms with Gasteiger partial charge in [0.05, 0.1) is 5.82 Å².